The molecule has 234 valence electrons. The first-order valence-corrected chi connectivity index (χ1v) is 13.1. The number of carbonyl (C=O) groups is 2. The third-order valence-electron chi connectivity index (χ3n) is 6.28. The van der Waals surface area contributed by atoms with Gasteiger partial charge in [0.05, 0.1) is 6.54 Å². The molecule has 0 spiro atoms. The first kappa shape index (κ1) is 34.7. The van der Waals surface area contributed by atoms with E-state index in [1.165, 1.54) is 4.90 Å². The molecule has 2 N–H and O–H groups in total. The van der Waals surface area contributed by atoms with Crippen molar-refractivity contribution in [2.75, 3.05) is 31.6 Å². The van der Waals surface area contributed by atoms with E-state index in [2.05, 4.69) is 5.32 Å². The number of ether oxygens (including phenoxy) is 2. The number of anilines is 1. The molecule has 0 aliphatic carbocycles. The van der Waals surface area contributed by atoms with Gasteiger partial charge in [0, 0.05) is 31.7 Å². The summed E-state index contributed by atoms with van der Waals surface area (Å²) >= 11 is 0. The van der Waals surface area contributed by atoms with Gasteiger partial charge in [-0.1, -0.05) is 30.3 Å². The van der Waals surface area contributed by atoms with Crippen LogP contribution in [0.5, 0.6) is 5.75 Å². The maximum atomic E-state index is 13.7. The summed E-state index contributed by atoms with van der Waals surface area (Å²) in [4.78, 5) is 25.4. The Balaban J connectivity index is 2.01. The highest BCUT2D eigenvalue weighted by atomic mass is 19.4. The number of para-hydroxylation sites is 1. The molecular weight excluding hydrogens is 577 g/mol. The molecule has 0 saturated carbocycles. The number of alkyl halides is 7. The van der Waals surface area contributed by atoms with Gasteiger partial charge in [0.25, 0.3) is 0 Å². The average molecular weight is 611 g/mol. The minimum Gasteiger partial charge on any atom is -0.492 e. The Morgan fingerprint density at radius 3 is 2.17 bits per heavy atom. The Morgan fingerprint density at radius 1 is 0.952 bits per heavy atom. The van der Waals surface area contributed by atoms with Crippen LogP contribution in [0, 0.1) is 6.92 Å². The second-order valence-corrected chi connectivity index (χ2v) is 9.44. The lowest BCUT2D eigenvalue weighted by molar-refractivity contribution is -0.355. The maximum absolute atomic E-state index is 13.7. The van der Waals surface area contributed by atoms with Crippen LogP contribution in [0.15, 0.2) is 48.5 Å². The van der Waals surface area contributed by atoms with Gasteiger partial charge >= 0.3 is 30.0 Å². The molecule has 0 radical (unpaired) electrons. The second kappa shape index (κ2) is 15.1. The van der Waals surface area contributed by atoms with Crippen LogP contribution in [0.4, 0.5) is 41.2 Å². The molecule has 0 aliphatic rings. The number of urea groups is 1. The molecule has 0 aromatic heterocycles. The highest BCUT2D eigenvalue weighted by molar-refractivity contribution is 5.90. The molecule has 42 heavy (non-hydrogen) atoms. The standard InChI is InChI=1S/C28H33F7N2O5/c1-3-41-23(24(38)39)18-20-10-12-21(13-11-20)42-17-16-37(25(40)36-22-9-5-4-8-19(22)2)15-7-6-14-26(29,30)27(31,32)28(33,34)35/h4-5,8-13,23H,3,6-7,14-18H2,1-2H3,(H,36,40)(H,38,39). The van der Waals surface area contributed by atoms with Crippen LogP contribution < -0.4 is 10.1 Å². The number of nitrogens with zero attached hydrogens (tertiary/aromatic N) is 1. The molecule has 14 heteroatoms. The fraction of sp³-hybridized carbons (Fsp3) is 0.500. The first-order valence-electron chi connectivity index (χ1n) is 13.1. The normalized spacial score (nSPS) is 13.0. The van der Waals surface area contributed by atoms with E-state index < -0.39 is 49.0 Å². The van der Waals surface area contributed by atoms with Crippen molar-refractivity contribution in [3.8, 4) is 5.75 Å². The van der Waals surface area contributed by atoms with E-state index in [1.54, 1.807) is 62.4 Å². The molecule has 2 aromatic carbocycles. The number of amides is 2. The Bertz CT molecular complexity index is 1160. The van der Waals surface area contributed by atoms with Crippen molar-refractivity contribution in [1.82, 2.24) is 4.90 Å². The maximum Gasteiger partial charge on any atom is 0.459 e. The number of aliphatic carboxylic acids is 1. The SMILES string of the molecule is CCOC(Cc1ccc(OCCN(CCCCC(F)(F)C(F)(F)C(F)(F)F)C(=O)Nc2ccccc2C)cc1)C(=O)O. The average Bonchev–Trinajstić information content (AvgIpc) is 2.91. The van der Waals surface area contributed by atoms with Crippen LogP contribution >= 0.6 is 0 Å². The molecule has 1 atom stereocenters. The molecule has 0 fully saturated rings. The highest BCUT2D eigenvalue weighted by Gasteiger charge is 2.72. The predicted molar refractivity (Wildman–Crippen MR) is 140 cm³/mol. The van der Waals surface area contributed by atoms with Crippen LogP contribution in [0.3, 0.4) is 0 Å². The topological polar surface area (TPSA) is 88.1 Å². The van der Waals surface area contributed by atoms with Crippen LogP contribution in [0.2, 0.25) is 0 Å². The molecule has 2 aromatic rings. The quantitative estimate of drug-likeness (QED) is 0.159. The molecule has 1 unspecified atom stereocenters. The number of rotatable bonds is 16. The first-order chi connectivity index (χ1) is 19.6. The van der Waals surface area contributed by atoms with Crippen LogP contribution in [0.1, 0.15) is 37.3 Å². The molecule has 2 amide bonds. The van der Waals surface area contributed by atoms with E-state index in [4.69, 9.17) is 9.47 Å². The summed E-state index contributed by atoms with van der Waals surface area (Å²) in [5.74, 6) is -12.2. The van der Waals surface area contributed by atoms with E-state index in [-0.39, 0.29) is 39.1 Å². The Hall–Kier alpha value is -3.55. The smallest absolute Gasteiger partial charge is 0.459 e. The van der Waals surface area contributed by atoms with Crippen molar-refractivity contribution in [2.24, 2.45) is 0 Å². The highest BCUT2D eigenvalue weighted by Crippen LogP contribution is 2.48. The monoisotopic (exact) mass is 610 g/mol. The summed E-state index contributed by atoms with van der Waals surface area (Å²) in [6.45, 7) is 3.29. The van der Waals surface area contributed by atoms with Gasteiger partial charge in [0.1, 0.15) is 12.4 Å². The lowest BCUT2D eigenvalue weighted by atomic mass is 10.0. The largest absolute Gasteiger partial charge is 0.492 e. The summed E-state index contributed by atoms with van der Waals surface area (Å²) in [5, 5.41) is 11.9. The van der Waals surface area contributed by atoms with E-state index >= 15 is 0 Å². The van der Waals surface area contributed by atoms with Crippen molar-refractivity contribution in [1.29, 1.82) is 0 Å². The van der Waals surface area contributed by atoms with Gasteiger partial charge in [0.2, 0.25) is 0 Å². The number of halogens is 7. The van der Waals surface area contributed by atoms with E-state index in [1.807, 2.05) is 0 Å². The number of carboxylic acid groups (broad SMARTS) is 1. The van der Waals surface area contributed by atoms with Crippen molar-refractivity contribution in [2.45, 2.75) is 63.7 Å². The third-order valence-corrected chi connectivity index (χ3v) is 6.28. The zero-order chi connectivity index (χ0) is 31.6. The third kappa shape index (κ3) is 9.78. The molecular formula is C28H33F7N2O5. The number of hydrogen-bond acceptors (Lipinski definition) is 4. The number of carboxylic acids is 1. The molecule has 0 aliphatic heterocycles. The van der Waals surface area contributed by atoms with Gasteiger partial charge in [-0.15, -0.1) is 0 Å². The Kier molecular flexibility index (Phi) is 12.4. The van der Waals surface area contributed by atoms with Crippen LogP contribution in [-0.2, 0) is 16.0 Å². The summed E-state index contributed by atoms with van der Waals surface area (Å²) in [7, 11) is 0. The number of hydrogen-bond donors (Lipinski definition) is 2. The fourth-order valence-corrected chi connectivity index (χ4v) is 3.86. The lowest BCUT2D eigenvalue weighted by Gasteiger charge is -2.28. The molecule has 0 saturated heterocycles. The number of benzene rings is 2. The number of carbonyl (C=O) groups excluding carboxylic acids is 1. The number of nitrogens with one attached hydrogen (secondary N) is 1. The van der Waals surface area contributed by atoms with Gasteiger partial charge in [-0.2, -0.15) is 30.7 Å². The van der Waals surface area contributed by atoms with E-state index in [9.17, 15) is 45.4 Å². The lowest BCUT2D eigenvalue weighted by Crippen LogP contribution is -2.51. The number of unbranched alkanes of at least 4 members (excludes halogenated alkanes) is 1. The summed E-state index contributed by atoms with van der Waals surface area (Å²) in [6.07, 6.45) is -9.97. The van der Waals surface area contributed by atoms with Crippen molar-refractivity contribution >= 4 is 17.7 Å². The van der Waals surface area contributed by atoms with Gasteiger partial charge in [-0.25, -0.2) is 9.59 Å². The summed E-state index contributed by atoms with van der Waals surface area (Å²) in [5.41, 5.74) is 1.87. The zero-order valence-electron chi connectivity index (χ0n) is 23.0. The molecule has 7 nitrogen and oxygen atoms in total. The molecule has 0 bridgehead atoms. The Morgan fingerprint density at radius 2 is 1.60 bits per heavy atom. The predicted octanol–water partition coefficient (Wildman–Crippen LogP) is 6.94. The minimum absolute atomic E-state index is 0.0694. The second-order valence-electron chi connectivity index (χ2n) is 9.44. The summed E-state index contributed by atoms with van der Waals surface area (Å²) in [6, 6.07) is 12.6. The van der Waals surface area contributed by atoms with Crippen molar-refractivity contribution in [3.63, 3.8) is 0 Å². The number of aryl methyl sites for hydroxylation is 1. The zero-order valence-corrected chi connectivity index (χ0v) is 23.0. The Labute approximate surface area is 238 Å². The van der Waals surface area contributed by atoms with Gasteiger partial charge in [-0.05, 0) is 56.0 Å². The molecule has 0 heterocycles. The van der Waals surface area contributed by atoms with Crippen LogP contribution in [0.25, 0.3) is 0 Å². The van der Waals surface area contributed by atoms with Crippen molar-refractivity contribution in [3.05, 3.63) is 59.7 Å². The fourth-order valence-electron chi connectivity index (χ4n) is 3.86. The minimum atomic E-state index is -6.40. The summed E-state index contributed by atoms with van der Waals surface area (Å²) < 4.78 is 102. The van der Waals surface area contributed by atoms with Crippen LogP contribution in [-0.4, -0.2) is 72.4 Å². The van der Waals surface area contributed by atoms with E-state index in [0.29, 0.717) is 17.0 Å². The van der Waals surface area contributed by atoms with Gasteiger partial charge in [-0.3, -0.25) is 0 Å². The van der Waals surface area contributed by atoms with Crippen molar-refractivity contribution < 1.29 is 54.9 Å². The van der Waals surface area contributed by atoms with Gasteiger partial charge < -0.3 is 24.8 Å². The molecule has 2 rings (SSSR count). The van der Waals surface area contributed by atoms with E-state index in [0.717, 1.165) is 5.56 Å². The van der Waals surface area contributed by atoms with Gasteiger partial charge in [0.15, 0.2) is 6.10 Å².